The second-order valence-electron chi connectivity index (χ2n) is 6.95. The summed E-state index contributed by atoms with van der Waals surface area (Å²) in [6.45, 7) is 8.28. The molecule has 3 rings (SSSR count). The lowest BCUT2D eigenvalue weighted by Gasteiger charge is -2.32. The van der Waals surface area contributed by atoms with E-state index in [0.717, 1.165) is 37.3 Å². The maximum atomic E-state index is 12.6. The molecule has 1 aromatic heterocycles. The molecular weight excluding hydrogens is 378 g/mol. The molecule has 0 unspecified atom stereocenters. The maximum absolute atomic E-state index is 12.6. The number of benzene rings is 1. The SMILES string of the molecule is CCOC(=O)/C(=C/c1c(-c2ccccc2Cl)noc1C)CN1CCN(C)CC1. The van der Waals surface area contributed by atoms with Crippen LogP contribution in [0.3, 0.4) is 0 Å². The number of hydrogen-bond acceptors (Lipinski definition) is 6. The van der Waals surface area contributed by atoms with Crippen LogP contribution >= 0.6 is 11.6 Å². The van der Waals surface area contributed by atoms with E-state index in [9.17, 15) is 4.79 Å². The molecule has 0 radical (unpaired) electrons. The minimum Gasteiger partial charge on any atom is -0.463 e. The molecule has 2 heterocycles. The van der Waals surface area contributed by atoms with Crippen molar-refractivity contribution in [1.82, 2.24) is 15.0 Å². The van der Waals surface area contributed by atoms with Gasteiger partial charge in [-0.25, -0.2) is 4.79 Å². The fourth-order valence-electron chi connectivity index (χ4n) is 3.21. The van der Waals surface area contributed by atoms with Crippen molar-refractivity contribution in [2.75, 3.05) is 46.4 Å². The van der Waals surface area contributed by atoms with Gasteiger partial charge in [0.25, 0.3) is 0 Å². The zero-order chi connectivity index (χ0) is 20.1. The largest absolute Gasteiger partial charge is 0.463 e. The molecule has 28 heavy (non-hydrogen) atoms. The van der Waals surface area contributed by atoms with Crippen LogP contribution in [0.2, 0.25) is 5.02 Å². The molecule has 2 aromatic rings. The van der Waals surface area contributed by atoms with E-state index < -0.39 is 0 Å². The summed E-state index contributed by atoms with van der Waals surface area (Å²) in [7, 11) is 2.11. The molecule has 0 aliphatic carbocycles. The van der Waals surface area contributed by atoms with Crippen LogP contribution in [0.25, 0.3) is 17.3 Å². The Balaban J connectivity index is 1.95. The molecule has 1 aliphatic rings. The molecule has 0 spiro atoms. The second-order valence-corrected chi connectivity index (χ2v) is 7.36. The molecule has 1 aliphatic heterocycles. The third-order valence-electron chi connectivity index (χ3n) is 4.88. The van der Waals surface area contributed by atoms with Crippen molar-refractivity contribution in [3.05, 3.63) is 46.2 Å². The minimum atomic E-state index is -0.313. The van der Waals surface area contributed by atoms with Gasteiger partial charge in [0, 0.05) is 43.9 Å². The Hall–Kier alpha value is -2.15. The van der Waals surface area contributed by atoms with Crippen LogP contribution in [0.15, 0.2) is 34.4 Å². The molecule has 0 saturated carbocycles. The van der Waals surface area contributed by atoms with Gasteiger partial charge in [0.1, 0.15) is 11.5 Å². The van der Waals surface area contributed by atoms with E-state index in [0.29, 0.717) is 35.2 Å². The summed E-state index contributed by atoms with van der Waals surface area (Å²) in [6.07, 6.45) is 1.83. The number of aromatic nitrogens is 1. The summed E-state index contributed by atoms with van der Waals surface area (Å²) in [6, 6.07) is 7.47. The van der Waals surface area contributed by atoms with Crippen molar-refractivity contribution in [3.63, 3.8) is 0 Å². The fourth-order valence-corrected chi connectivity index (χ4v) is 3.44. The number of hydrogen-bond donors (Lipinski definition) is 0. The van der Waals surface area contributed by atoms with Crippen molar-refractivity contribution >= 4 is 23.6 Å². The third-order valence-corrected chi connectivity index (χ3v) is 5.21. The zero-order valence-corrected chi connectivity index (χ0v) is 17.3. The van der Waals surface area contributed by atoms with Crippen molar-refractivity contribution in [1.29, 1.82) is 0 Å². The van der Waals surface area contributed by atoms with E-state index in [1.165, 1.54) is 0 Å². The van der Waals surface area contributed by atoms with Gasteiger partial charge < -0.3 is 14.2 Å². The highest BCUT2D eigenvalue weighted by atomic mass is 35.5. The predicted octanol–water partition coefficient (Wildman–Crippen LogP) is 3.50. The molecule has 1 saturated heterocycles. The number of likely N-dealkylation sites (N-methyl/N-ethyl adjacent to an activating group) is 1. The number of piperazine rings is 1. The van der Waals surface area contributed by atoms with E-state index in [-0.39, 0.29) is 5.97 Å². The van der Waals surface area contributed by atoms with Gasteiger partial charge in [-0.1, -0.05) is 35.0 Å². The Morgan fingerprint density at radius 3 is 2.68 bits per heavy atom. The number of carbonyl (C=O) groups excluding carboxylic acids is 1. The lowest BCUT2D eigenvalue weighted by molar-refractivity contribution is -0.138. The van der Waals surface area contributed by atoms with E-state index in [4.69, 9.17) is 20.9 Å². The Morgan fingerprint density at radius 2 is 2.00 bits per heavy atom. The molecule has 1 fully saturated rings. The number of ether oxygens (including phenoxy) is 1. The summed E-state index contributed by atoms with van der Waals surface area (Å²) < 4.78 is 10.7. The van der Waals surface area contributed by atoms with Crippen molar-refractivity contribution in [2.24, 2.45) is 0 Å². The van der Waals surface area contributed by atoms with Crippen LogP contribution in [-0.2, 0) is 9.53 Å². The Bertz CT molecular complexity index is 854. The van der Waals surface area contributed by atoms with E-state index in [1.54, 1.807) is 0 Å². The first-order valence-corrected chi connectivity index (χ1v) is 9.87. The molecule has 0 bridgehead atoms. The third kappa shape index (κ3) is 4.82. The van der Waals surface area contributed by atoms with Gasteiger partial charge >= 0.3 is 5.97 Å². The topological polar surface area (TPSA) is 58.8 Å². The van der Waals surface area contributed by atoms with Gasteiger partial charge in [-0.2, -0.15) is 0 Å². The van der Waals surface area contributed by atoms with Crippen LogP contribution < -0.4 is 0 Å². The number of halogens is 1. The molecule has 0 amide bonds. The first-order valence-electron chi connectivity index (χ1n) is 9.49. The van der Waals surface area contributed by atoms with Crippen molar-refractivity contribution < 1.29 is 14.1 Å². The number of nitrogens with zero attached hydrogens (tertiary/aromatic N) is 3. The van der Waals surface area contributed by atoms with Crippen LogP contribution in [0.5, 0.6) is 0 Å². The quantitative estimate of drug-likeness (QED) is 0.543. The first-order chi connectivity index (χ1) is 13.5. The van der Waals surface area contributed by atoms with Crippen LogP contribution in [0.4, 0.5) is 0 Å². The Labute approximate surface area is 170 Å². The Kier molecular flexibility index (Phi) is 6.88. The molecule has 0 atom stereocenters. The highest BCUT2D eigenvalue weighted by Crippen LogP contribution is 2.32. The van der Waals surface area contributed by atoms with Crippen LogP contribution in [0.1, 0.15) is 18.2 Å². The standard InChI is InChI=1S/C21H26ClN3O3/c1-4-27-21(26)16(14-25-11-9-24(3)10-12-25)13-18-15(2)28-23-20(18)17-7-5-6-8-19(17)22/h5-8,13H,4,9-12,14H2,1-3H3/b16-13+. The number of rotatable bonds is 6. The lowest BCUT2D eigenvalue weighted by atomic mass is 10.0. The summed E-state index contributed by atoms with van der Waals surface area (Å²) in [5.74, 6) is 0.322. The van der Waals surface area contributed by atoms with Crippen molar-refractivity contribution in [3.8, 4) is 11.3 Å². The molecule has 6 nitrogen and oxygen atoms in total. The van der Waals surface area contributed by atoms with Gasteiger partial charge in [-0.05, 0) is 33.0 Å². The average Bonchev–Trinajstić information content (AvgIpc) is 3.04. The van der Waals surface area contributed by atoms with Gasteiger partial charge in [0.2, 0.25) is 0 Å². The normalized spacial score (nSPS) is 16.4. The smallest absolute Gasteiger partial charge is 0.335 e. The van der Waals surface area contributed by atoms with E-state index >= 15 is 0 Å². The highest BCUT2D eigenvalue weighted by Gasteiger charge is 2.22. The monoisotopic (exact) mass is 403 g/mol. The summed E-state index contributed by atoms with van der Waals surface area (Å²) in [5, 5.41) is 4.77. The van der Waals surface area contributed by atoms with Gasteiger partial charge in [0.15, 0.2) is 0 Å². The molecular formula is C21H26ClN3O3. The van der Waals surface area contributed by atoms with E-state index in [1.807, 2.05) is 44.2 Å². The Morgan fingerprint density at radius 1 is 1.29 bits per heavy atom. The minimum absolute atomic E-state index is 0.313. The molecule has 0 N–H and O–H groups in total. The van der Waals surface area contributed by atoms with Gasteiger partial charge in [-0.15, -0.1) is 0 Å². The van der Waals surface area contributed by atoms with Crippen LogP contribution in [-0.4, -0.2) is 67.3 Å². The molecule has 150 valence electrons. The summed E-state index contributed by atoms with van der Waals surface area (Å²) in [4.78, 5) is 17.2. The van der Waals surface area contributed by atoms with Gasteiger partial charge in [0.05, 0.1) is 17.2 Å². The average molecular weight is 404 g/mol. The maximum Gasteiger partial charge on any atom is 0.335 e. The van der Waals surface area contributed by atoms with E-state index in [2.05, 4.69) is 22.0 Å². The lowest BCUT2D eigenvalue weighted by Crippen LogP contribution is -2.45. The fraction of sp³-hybridized carbons (Fsp3) is 0.429. The van der Waals surface area contributed by atoms with Crippen LogP contribution in [0, 0.1) is 6.92 Å². The number of aryl methyl sites for hydroxylation is 1. The predicted molar refractivity (Wildman–Crippen MR) is 110 cm³/mol. The van der Waals surface area contributed by atoms with Gasteiger partial charge in [-0.3, -0.25) is 4.90 Å². The number of esters is 1. The number of carbonyl (C=O) groups is 1. The highest BCUT2D eigenvalue weighted by molar-refractivity contribution is 6.33. The first kappa shape index (κ1) is 20.6. The summed E-state index contributed by atoms with van der Waals surface area (Å²) in [5.41, 5.74) is 2.75. The molecule has 7 heteroatoms. The van der Waals surface area contributed by atoms with Crippen molar-refractivity contribution in [2.45, 2.75) is 13.8 Å². The molecule has 1 aromatic carbocycles. The second kappa shape index (κ2) is 9.37. The zero-order valence-electron chi connectivity index (χ0n) is 16.6. The summed E-state index contributed by atoms with van der Waals surface area (Å²) >= 11 is 6.35.